The molecule has 7 rings (SSSR count). The summed E-state index contributed by atoms with van der Waals surface area (Å²) in [6.07, 6.45) is 4.58. The molecule has 0 aromatic heterocycles. The molecule has 3 N–H and O–H groups in total. The van der Waals surface area contributed by atoms with Gasteiger partial charge in [0.2, 0.25) is 11.8 Å². The molecule has 5 atom stereocenters. The molecule has 1 aliphatic carbocycles. The number of nitrogens with two attached hydrogens (primary N) is 1. The largest absolute Gasteiger partial charge is 0.392 e. The number of amides is 4. The Morgan fingerprint density at radius 3 is 2.16 bits per heavy atom. The molecule has 2 bridgehead atoms. The molecule has 2 aromatic carbocycles. The van der Waals surface area contributed by atoms with Gasteiger partial charge in [0.15, 0.2) is 0 Å². The molecule has 0 saturated carbocycles. The number of hydrogen-bond acceptors (Lipinski definition) is 6. The number of hydrogen-bond donors (Lipinski definition) is 2. The maximum atomic E-state index is 13.5. The number of carbonyl (C=O) groups is 3. The maximum absolute atomic E-state index is 13.5. The first kappa shape index (κ1) is 24.0. The topological polar surface area (TPSA) is 107 Å². The summed E-state index contributed by atoms with van der Waals surface area (Å²) in [6, 6.07) is 14.8. The van der Waals surface area contributed by atoms with E-state index in [4.69, 9.17) is 5.73 Å². The predicted molar refractivity (Wildman–Crippen MR) is 137 cm³/mol. The van der Waals surface area contributed by atoms with Gasteiger partial charge >= 0.3 is 6.03 Å². The van der Waals surface area contributed by atoms with Crippen LogP contribution in [0.25, 0.3) is 5.57 Å². The Balaban J connectivity index is 1.40. The summed E-state index contributed by atoms with van der Waals surface area (Å²) < 4.78 is 0. The second-order valence-corrected chi connectivity index (χ2v) is 10.7. The van der Waals surface area contributed by atoms with Gasteiger partial charge in [-0.1, -0.05) is 54.6 Å². The number of piperidine rings is 1. The molecule has 3 saturated heterocycles. The van der Waals surface area contributed by atoms with Crippen molar-refractivity contribution >= 4 is 23.4 Å². The predicted octanol–water partition coefficient (Wildman–Crippen LogP) is 2.52. The van der Waals surface area contributed by atoms with Crippen LogP contribution in [0.3, 0.4) is 0 Å². The molecule has 0 radical (unpaired) electrons. The van der Waals surface area contributed by atoms with Crippen molar-refractivity contribution in [3.63, 3.8) is 0 Å². The monoisotopic (exact) mass is 500 g/mol. The highest BCUT2D eigenvalue weighted by atomic mass is 16.3. The van der Waals surface area contributed by atoms with E-state index in [1.165, 1.54) is 18.4 Å². The molecule has 4 amide bonds. The van der Waals surface area contributed by atoms with Crippen LogP contribution in [-0.4, -0.2) is 63.8 Å². The SMILES string of the molecule is CN1C2C=C(c3ccc(CO)cc3)C(C3C(=O)N(C(N)=O)C(=O)C32)C1c1ccc(CN2CCCC2)cc1. The summed E-state index contributed by atoms with van der Waals surface area (Å²) in [7, 11) is 1.99. The second kappa shape index (κ2) is 9.20. The zero-order chi connectivity index (χ0) is 25.8. The summed E-state index contributed by atoms with van der Waals surface area (Å²) >= 11 is 0. The Bertz CT molecular complexity index is 1270. The van der Waals surface area contributed by atoms with Gasteiger partial charge in [0.1, 0.15) is 0 Å². The van der Waals surface area contributed by atoms with Crippen LogP contribution in [-0.2, 0) is 22.7 Å². The Morgan fingerprint density at radius 1 is 0.919 bits per heavy atom. The summed E-state index contributed by atoms with van der Waals surface area (Å²) in [5, 5.41) is 9.49. The molecule has 4 heterocycles. The third kappa shape index (κ3) is 3.82. The molecule has 8 nitrogen and oxygen atoms in total. The van der Waals surface area contributed by atoms with Crippen LogP contribution in [0.1, 0.15) is 41.1 Å². The van der Waals surface area contributed by atoms with Crippen molar-refractivity contribution in [2.45, 2.75) is 38.1 Å². The summed E-state index contributed by atoms with van der Waals surface area (Å²) in [4.78, 5) is 44.1. The average Bonchev–Trinajstić information content (AvgIpc) is 3.51. The number of carbonyl (C=O) groups excluding carboxylic acids is 3. The minimum absolute atomic E-state index is 0.0498. The molecule has 4 aliphatic heterocycles. The van der Waals surface area contributed by atoms with Crippen molar-refractivity contribution in [1.82, 2.24) is 14.7 Å². The van der Waals surface area contributed by atoms with Gasteiger partial charge in [-0.25, -0.2) is 4.79 Å². The van der Waals surface area contributed by atoms with Crippen LogP contribution in [0.4, 0.5) is 4.79 Å². The third-order valence-corrected chi connectivity index (χ3v) is 8.73. The van der Waals surface area contributed by atoms with Gasteiger partial charge in [-0.05, 0) is 60.8 Å². The van der Waals surface area contributed by atoms with E-state index < -0.39 is 29.7 Å². The number of urea groups is 1. The lowest BCUT2D eigenvalue weighted by molar-refractivity contribution is -0.136. The Kier molecular flexibility index (Phi) is 5.98. The van der Waals surface area contributed by atoms with Crippen LogP contribution >= 0.6 is 0 Å². The fourth-order valence-electron chi connectivity index (χ4n) is 6.99. The number of primary amides is 1. The number of fused-ring (bicyclic) bond motifs is 1. The van der Waals surface area contributed by atoms with Crippen molar-refractivity contribution in [1.29, 1.82) is 0 Å². The van der Waals surface area contributed by atoms with Crippen LogP contribution in [0.2, 0.25) is 0 Å². The standard InChI is InChI=1S/C29H32N4O4/c1-31-22-14-21(19-8-6-18(16-34)7-9-19)23(25-24(22)27(35)33(28(25)36)29(30)37)26(31)20-10-4-17(5-11-20)15-32-12-2-3-13-32/h4-11,14,22-26,34H,2-3,12-13,15-16H2,1H3,(H2,30,37). The molecule has 37 heavy (non-hydrogen) atoms. The molecular formula is C29H32N4O4. The first-order valence-electron chi connectivity index (χ1n) is 13.0. The number of likely N-dealkylation sites (tertiary alicyclic amines) is 2. The van der Waals surface area contributed by atoms with Gasteiger partial charge in [0, 0.05) is 24.5 Å². The molecule has 3 fully saturated rings. The van der Waals surface area contributed by atoms with Crippen molar-refractivity contribution in [3.8, 4) is 0 Å². The van der Waals surface area contributed by atoms with Crippen LogP contribution in [0.5, 0.6) is 0 Å². The number of imide groups is 3. The van der Waals surface area contributed by atoms with Gasteiger partial charge in [-0.15, -0.1) is 0 Å². The zero-order valence-corrected chi connectivity index (χ0v) is 20.9. The summed E-state index contributed by atoms with van der Waals surface area (Å²) in [5.41, 5.74) is 10.6. The van der Waals surface area contributed by atoms with E-state index in [1.54, 1.807) is 0 Å². The molecule has 0 spiro atoms. The summed E-state index contributed by atoms with van der Waals surface area (Å²) in [6.45, 7) is 3.15. The maximum Gasteiger partial charge on any atom is 0.328 e. The second-order valence-electron chi connectivity index (χ2n) is 10.7. The fourth-order valence-corrected chi connectivity index (χ4v) is 6.99. The number of aliphatic hydroxyl groups excluding tert-OH is 1. The average molecular weight is 501 g/mol. The fraction of sp³-hybridized carbons (Fsp3) is 0.414. The number of likely N-dealkylation sites (N-methyl/N-ethyl adjacent to an activating group) is 1. The number of aliphatic hydroxyl groups is 1. The normalized spacial score (nSPS) is 29.6. The van der Waals surface area contributed by atoms with Gasteiger partial charge in [-0.3, -0.25) is 19.4 Å². The quantitative estimate of drug-likeness (QED) is 0.611. The van der Waals surface area contributed by atoms with Crippen LogP contribution in [0.15, 0.2) is 54.6 Å². The van der Waals surface area contributed by atoms with E-state index in [0.29, 0.717) is 4.90 Å². The highest BCUT2D eigenvalue weighted by molar-refractivity contribution is 6.17. The first-order valence-corrected chi connectivity index (χ1v) is 13.0. The third-order valence-electron chi connectivity index (χ3n) is 8.73. The highest BCUT2D eigenvalue weighted by Gasteiger charge is 2.64. The molecule has 192 valence electrons. The number of nitrogens with zero attached hydrogens (tertiary/aromatic N) is 3. The smallest absolute Gasteiger partial charge is 0.328 e. The highest BCUT2D eigenvalue weighted by Crippen LogP contribution is 2.57. The molecule has 5 aliphatic rings. The Labute approximate surface area is 216 Å². The van der Waals surface area contributed by atoms with E-state index >= 15 is 0 Å². The van der Waals surface area contributed by atoms with Crippen LogP contribution < -0.4 is 5.73 Å². The van der Waals surface area contributed by atoms with Crippen molar-refractivity contribution in [2.24, 2.45) is 23.5 Å². The summed E-state index contributed by atoms with van der Waals surface area (Å²) in [5.74, 6) is -2.63. The van der Waals surface area contributed by atoms with Gasteiger partial charge < -0.3 is 10.8 Å². The van der Waals surface area contributed by atoms with E-state index in [2.05, 4.69) is 40.1 Å². The molecule has 5 unspecified atom stereocenters. The van der Waals surface area contributed by atoms with E-state index in [-0.39, 0.29) is 24.6 Å². The molecule has 2 aromatic rings. The number of benzene rings is 2. The Morgan fingerprint density at radius 2 is 1.54 bits per heavy atom. The molecule has 8 heteroatoms. The van der Waals surface area contributed by atoms with E-state index in [0.717, 1.165) is 41.9 Å². The van der Waals surface area contributed by atoms with E-state index in [1.807, 2.05) is 31.3 Å². The van der Waals surface area contributed by atoms with Crippen molar-refractivity contribution in [3.05, 3.63) is 76.9 Å². The van der Waals surface area contributed by atoms with Gasteiger partial charge in [-0.2, -0.15) is 4.90 Å². The Hall–Kier alpha value is -3.33. The van der Waals surface area contributed by atoms with Crippen LogP contribution in [0, 0.1) is 17.8 Å². The van der Waals surface area contributed by atoms with Crippen molar-refractivity contribution < 1.29 is 19.5 Å². The molecular weight excluding hydrogens is 468 g/mol. The lowest BCUT2D eigenvalue weighted by Gasteiger charge is -2.53. The minimum atomic E-state index is -1.01. The van der Waals surface area contributed by atoms with Gasteiger partial charge in [0.05, 0.1) is 18.4 Å². The van der Waals surface area contributed by atoms with Gasteiger partial charge in [0.25, 0.3) is 0 Å². The lowest BCUT2D eigenvalue weighted by atomic mass is 9.61. The number of rotatable bonds is 5. The minimum Gasteiger partial charge on any atom is -0.392 e. The van der Waals surface area contributed by atoms with E-state index in [9.17, 15) is 19.5 Å². The zero-order valence-electron chi connectivity index (χ0n) is 20.9. The van der Waals surface area contributed by atoms with Crippen molar-refractivity contribution in [2.75, 3.05) is 20.1 Å². The lowest BCUT2D eigenvalue weighted by Crippen LogP contribution is -2.57. The first-order chi connectivity index (χ1) is 17.9.